The van der Waals surface area contributed by atoms with Crippen molar-refractivity contribution in [3.8, 4) is 0 Å². The van der Waals surface area contributed by atoms with E-state index in [-0.39, 0.29) is 17.6 Å². The molecule has 0 aliphatic heterocycles. The van der Waals surface area contributed by atoms with Crippen LogP contribution in [0.15, 0.2) is 40.0 Å². The van der Waals surface area contributed by atoms with Crippen LogP contribution in [0.3, 0.4) is 0 Å². The second kappa shape index (κ2) is 8.39. The Hall–Kier alpha value is -2.61. The Bertz CT molecular complexity index is 920. The number of hydrogen-bond acceptors (Lipinski definition) is 6. The maximum absolute atomic E-state index is 12.2. The van der Waals surface area contributed by atoms with Crippen LogP contribution in [0.1, 0.15) is 35.7 Å². The number of aromatic nitrogens is 4. The lowest BCUT2D eigenvalue weighted by molar-refractivity contribution is -0.113. The van der Waals surface area contributed by atoms with E-state index in [2.05, 4.69) is 39.7 Å². The lowest BCUT2D eigenvalue weighted by atomic mass is 9.98. The second-order valence-corrected chi connectivity index (χ2v) is 7.41. The third-order valence-electron chi connectivity index (χ3n) is 4.40. The second-order valence-electron chi connectivity index (χ2n) is 6.48. The third kappa shape index (κ3) is 4.77. The zero-order valence-electron chi connectivity index (χ0n) is 15.9. The van der Waals surface area contributed by atoms with Crippen LogP contribution >= 0.6 is 11.8 Å². The molecule has 0 aliphatic rings. The molecule has 0 saturated carbocycles. The first-order valence-corrected chi connectivity index (χ1v) is 9.72. The molecule has 1 N–H and O–H groups in total. The number of anilines is 1. The molecule has 2 heterocycles. The topological polar surface area (TPSA) is 85.8 Å². The van der Waals surface area contributed by atoms with Gasteiger partial charge in [-0.25, -0.2) is 0 Å². The first kappa shape index (κ1) is 19.2. The molecule has 3 aromatic rings. The zero-order chi connectivity index (χ0) is 19.4. The van der Waals surface area contributed by atoms with E-state index < -0.39 is 0 Å². The van der Waals surface area contributed by atoms with Crippen LogP contribution in [0.2, 0.25) is 0 Å². The van der Waals surface area contributed by atoms with E-state index >= 15 is 0 Å². The standard InChI is InChI=1S/C19H23N5O2S/c1-12(15-8-6-5-7-9-15)10-17-21-22-19(26-17)27-11-16(25)20-18-13(2)23-24(4)14(18)3/h5-9,12H,10-11H2,1-4H3,(H,20,25). The lowest BCUT2D eigenvalue weighted by Crippen LogP contribution is -2.15. The van der Waals surface area contributed by atoms with Crippen LogP contribution in [0.5, 0.6) is 0 Å². The van der Waals surface area contributed by atoms with Crippen LogP contribution in [-0.4, -0.2) is 31.6 Å². The molecular formula is C19H23N5O2S. The highest BCUT2D eigenvalue weighted by Gasteiger charge is 2.16. The van der Waals surface area contributed by atoms with Gasteiger partial charge in [0.05, 0.1) is 22.8 Å². The summed E-state index contributed by atoms with van der Waals surface area (Å²) in [6, 6.07) is 10.2. The van der Waals surface area contributed by atoms with Crippen molar-refractivity contribution in [1.29, 1.82) is 0 Å². The van der Waals surface area contributed by atoms with E-state index in [1.54, 1.807) is 4.68 Å². The summed E-state index contributed by atoms with van der Waals surface area (Å²) in [7, 11) is 1.85. The highest BCUT2D eigenvalue weighted by Crippen LogP contribution is 2.23. The molecular weight excluding hydrogens is 362 g/mol. The molecule has 1 amide bonds. The van der Waals surface area contributed by atoms with Crippen molar-refractivity contribution in [3.63, 3.8) is 0 Å². The summed E-state index contributed by atoms with van der Waals surface area (Å²) in [5.41, 5.74) is 3.70. The fourth-order valence-corrected chi connectivity index (χ4v) is 3.38. The summed E-state index contributed by atoms with van der Waals surface area (Å²) < 4.78 is 7.42. The molecule has 0 aliphatic carbocycles. The number of carbonyl (C=O) groups is 1. The van der Waals surface area contributed by atoms with Crippen molar-refractivity contribution in [2.24, 2.45) is 7.05 Å². The Morgan fingerprint density at radius 3 is 2.67 bits per heavy atom. The first-order chi connectivity index (χ1) is 12.9. The summed E-state index contributed by atoms with van der Waals surface area (Å²) in [4.78, 5) is 12.2. The molecule has 2 aromatic heterocycles. The van der Waals surface area contributed by atoms with Crippen molar-refractivity contribution in [3.05, 3.63) is 53.2 Å². The van der Waals surface area contributed by atoms with Gasteiger partial charge in [-0.15, -0.1) is 10.2 Å². The maximum atomic E-state index is 12.2. The van der Waals surface area contributed by atoms with Gasteiger partial charge in [-0.1, -0.05) is 49.0 Å². The van der Waals surface area contributed by atoms with Crippen LogP contribution in [0, 0.1) is 13.8 Å². The molecule has 0 radical (unpaired) electrons. The molecule has 1 aromatic carbocycles. The van der Waals surface area contributed by atoms with Crippen molar-refractivity contribution < 1.29 is 9.21 Å². The maximum Gasteiger partial charge on any atom is 0.277 e. The van der Waals surface area contributed by atoms with Gasteiger partial charge < -0.3 is 9.73 Å². The van der Waals surface area contributed by atoms with Gasteiger partial charge in [-0.05, 0) is 25.3 Å². The normalized spacial score (nSPS) is 12.1. The quantitative estimate of drug-likeness (QED) is 0.627. The molecule has 1 unspecified atom stereocenters. The van der Waals surface area contributed by atoms with Gasteiger partial charge in [0.1, 0.15) is 0 Å². The van der Waals surface area contributed by atoms with Crippen molar-refractivity contribution >= 4 is 23.4 Å². The molecule has 0 bridgehead atoms. The number of amides is 1. The Labute approximate surface area is 162 Å². The highest BCUT2D eigenvalue weighted by molar-refractivity contribution is 7.99. The van der Waals surface area contributed by atoms with E-state index in [1.807, 2.05) is 39.1 Å². The fraction of sp³-hybridized carbons (Fsp3) is 0.368. The highest BCUT2D eigenvalue weighted by atomic mass is 32.2. The van der Waals surface area contributed by atoms with Gasteiger partial charge in [0.15, 0.2) is 0 Å². The van der Waals surface area contributed by atoms with Gasteiger partial charge in [0.25, 0.3) is 5.22 Å². The molecule has 7 nitrogen and oxygen atoms in total. The Morgan fingerprint density at radius 1 is 1.26 bits per heavy atom. The van der Waals surface area contributed by atoms with Crippen molar-refractivity contribution in [2.45, 2.75) is 38.3 Å². The molecule has 8 heteroatoms. The Balaban J connectivity index is 1.52. The molecule has 0 saturated heterocycles. The molecule has 142 valence electrons. The van der Waals surface area contributed by atoms with Crippen LogP contribution in [0.25, 0.3) is 0 Å². The number of rotatable bonds is 7. The van der Waals surface area contributed by atoms with Gasteiger partial charge in [0, 0.05) is 13.5 Å². The summed E-state index contributed by atoms with van der Waals surface area (Å²) in [6.07, 6.45) is 0.665. The van der Waals surface area contributed by atoms with E-state index in [0.717, 1.165) is 17.1 Å². The molecule has 0 fully saturated rings. The number of hydrogen-bond donors (Lipinski definition) is 1. The molecule has 3 rings (SSSR count). The minimum atomic E-state index is -0.128. The molecule has 1 atom stereocenters. The number of carbonyl (C=O) groups excluding carboxylic acids is 1. The average Bonchev–Trinajstić information content (AvgIpc) is 3.20. The summed E-state index contributed by atoms with van der Waals surface area (Å²) in [5, 5.41) is 15.7. The summed E-state index contributed by atoms with van der Waals surface area (Å²) >= 11 is 1.23. The third-order valence-corrected chi connectivity index (χ3v) is 5.22. The van der Waals surface area contributed by atoms with Crippen LogP contribution in [-0.2, 0) is 18.3 Å². The van der Waals surface area contributed by atoms with E-state index in [9.17, 15) is 4.79 Å². The number of nitrogens with zero attached hydrogens (tertiary/aromatic N) is 4. The summed E-state index contributed by atoms with van der Waals surface area (Å²) in [6.45, 7) is 5.91. The van der Waals surface area contributed by atoms with Crippen LogP contribution < -0.4 is 5.32 Å². The van der Waals surface area contributed by atoms with Gasteiger partial charge >= 0.3 is 0 Å². The predicted octanol–water partition coefficient (Wildman–Crippen LogP) is 3.50. The Morgan fingerprint density at radius 2 is 2.00 bits per heavy atom. The number of thioether (sulfide) groups is 1. The van der Waals surface area contributed by atoms with E-state index in [1.165, 1.54) is 17.3 Å². The SMILES string of the molecule is Cc1nn(C)c(C)c1NC(=O)CSc1nnc(CC(C)c2ccccc2)o1. The van der Waals surface area contributed by atoms with Crippen molar-refractivity contribution in [2.75, 3.05) is 11.1 Å². The first-order valence-electron chi connectivity index (χ1n) is 8.74. The smallest absolute Gasteiger partial charge is 0.277 e. The number of aryl methyl sites for hydroxylation is 2. The van der Waals surface area contributed by atoms with Gasteiger partial charge in [-0.3, -0.25) is 9.48 Å². The molecule has 27 heavy (non-hydrogen) atoms. The minimum absolute atomic E-state index is 0.128. The van der Waals surface area contributed by atoms with Crippen molar-refractivity contribution in [1.82, 2.24) is 20.0 Å². The van der Waals surface area contributed by atoms with Gasteiger partial charge in [0.2, 0.25) is 11.8 Å². The average molecular weight is 385 g/mol. The van der Waals surface area contributed by atoms with E-state index in [4.69, 9.17) is 4.42 Å². The predicted molar refractivity (Wildman–Crippen MR) is 105 cm³/mol. The number of benzene rings is 1. The van der Waals surface area contributed by atoms with Gasteiger partial charge in [-0.2, -0.15) is 5.10 Å². The summed E-state index contributed by atoms with van der Waals surface area (Å²) in [5.74, 6) is 0.929. The monoisotopic (exact) mass is 385 g/mol. The molecule has 0 spiro atoms. The fourth-order valence-electron chi connectivity index (χ4n) is 2.80. The lowest BCUT2D eigenvalue weighted by Gasteiger charge is -2.08. The number of nitrogens with one attached hydrogen (secondary N) is 1. The minimum Gasteiger partial charge on any atom is -0.416 e. The van der Waals surface area contributed by atoms with E-state index in [0.29, 0.717) is 17.5 Å². The van der Waals surface area contributed by atoms with Crippen LogP contribution in [0.4, 0.5) is 5.69 Å². The zero-order valence-corrected chi connectivity index (χ0v) is 16.7. The Kier molecular flexibility index (Phi) is 5.95. The largest absolute Gasteiger partial charge is 0.416 e.